The average Bonchev–Trinajstić information content (AvgIpc) is 2.45. The standard InChI is InChI=1S/C15H21N3O2/c1-15(19,6-8-20-2)10-18-14-4-3-13(16)12-9-17-7-5-11(12)14/h3-5,7,9,18-19H,6,8,10,16H2,1-2H3. The Morgan fingerprint density at radius 2 is 2.15 bits per heavy atom. The molecule has 0 fully saturated rings. The van der Waals surface area contributed by atoms with E-state index >= 15 is 0 Å². The monoisotopic (exact) mass is 275 g/mol. The zero-order chi connectivity index (χ0) is 14.6. The van der Waals surface area contributed by atoms with E-state index in [1.165, 1.54) is 0 Å². The lowest BCUT2D eigenvalue weighted by molar-refractivity contribution is 0.0358. The molecule has 4 N–H and O–H groups in total. The predicted molar refractivity (Wildman–Crippen MR) is 81.8 cm³/mol. The van der Waals surface area contributed by atoms with E-state index in [0.717, 1.165) is 16.5 Å². The van der Waals surface area contributed by atoms with Gasteiger partial charge in [0.05, 0.1) is 5.60 Å². The first-order valence-corrected chi connectivity index (χ1v) is 6.61. The topological polar surface area (TPSA) is 80.4 Å². The van der Waals surface area contributed by atoms with E-state index in [2.05, 4.69) is 10.3 Å². The van der Waals surface area contributed by atoms with Crippen molar-refractivity contribution in [2.45, 2.75) is 18.9 Å². The molecule has 0 aliphatic heterocycles. The molecule has 1 atom stereocenters. The molecule has 1 aromatic heterocycles. The van der Waals surface area contributed by atoms with Gasteiger partial charge in [0.1, 0.15) is 0 Å². The van der Waals surface area contributed by atoms with Crippen LogP contribution in [0.4, 0.5) is 11.4 Å². The van der Waals surface area contributed by atoms with Crippen molar-refractivity contribution in [2.75, 3.05) is 31.3 Å². The van der Waals surface area contributed by atoms with Crippen molar-refractivity contribution in [3.63, 3.8) is 0 Å². The van der Waals surface area contributed by atoms with E-state index < -0.39 is 5.60 Å². The van der Waals surface area contributed by atoms with Crippen molar-refractivity contribution >= 4 is 22.1 Å². The molecule has 5 nitrogen and oxygen atoms in total. The number of methoxy groups -OCH3 is 1. The molecule has 0 saturated heterocycles. The quantitative estimate of drug-likeness (QED) is 0.703. The van der Waals surface area contributed by atoms with Gasteiger partial charge in [-0.2, -0.15) is 0 Å². The highest BCUT2D eigenvalue weighted by Crippen LogP contribution is 2.27. The summed E-state index contributed by atoms with van der Waals surface area (Å²) in [5.41, 5.74) is 6.75. The SMILES string of the molecule is COCCC(C)(O)CNc1ccc(N)c2cnccc12. The Hall–Kier alpha value is -1.85. The van der Waals surface area contributed by atoms with Crippen LogP contribution in [-0.4, -0.2) is 36.0 Å². The third-order valence-corrected chi connectivity index (χ3v) is 3.36. The molecule has 0 spiro atoms. The van der Waals surface area contributed by atoms with E-state index in [1.807, 2.05) is 18.2 Å². The second-order valence-electron chi connectivity index (χ2n) is 5.22. The van der Waals surface area contributed by atoms with E-state index in [9.17, 15) is 5.11 Å². The second-order valence-corrected chi connectivity index (χ2v) is 5.22. The lowest BCUT2D eigenvalue weighted by Gasteiger charge is -2.24. The molecule has 0 amide bonds. The Kier molecular flexibility index (Phi) is 4.42. The van der Waals surface area contributed by atoms with Crippen LogP contribution in [0.25, 0.3) is 10.8 Å². The third-order valence-electron chi connectivity index (χ3n) is 3.36. The number of fused-ring (bicyclic) bond motifs is 1. The highest BCUT2D eigenvalue weighted by molar-refractivity contribution is 6.00. The number of anilines is 2. The van der Waals surface area contributed by atoms with Gasteiger partial charge in [0, 0.05) is 61.2 Å². The molecule has 108 valence electrons. The Morgan fingerprint density at radius 3 is 2.90 bits per heavy atom. The minimum absolute atomic E-state index is 0.442. The minimum atomic E-state index is -0.823. The lowest BCUT2D eigenvalue weighted by Crippen LogP contribution is -2.34. The summed E-state index contributed by atoms with van der Waals surface area (Å²) in [7, 11) is 1.63. The number of nitrogen functional groups attached to an aromatic ring is 1. The van der Waals surface area contributed by atoms with Crippen LogP contribution < -0.4 is 11.1 Å². The van der Waals surface area contributed by atoms with Gasteiger partial charge >= 0.3 is 0 Å². The number of aliphatic hydroxyl groups is 1. The summed E-state index contributed by atoms with van der Waals surface area (Å²) < 4.78 is 5.00. The van der Waals surface area contributed by atoms with Gasteiger partial charge in [-0.25, -0.2) is 0 Å². The van der Waals surface area contributed by atoms with Gasteiger partial charge in [0.2, 0.25) is 0 Å². The maximum Gasteiger partial charge on any atom is 0.0813 e. The van der Waals surface area contributed by atoms with Crippen molar-refractivity contribution in [2.24, 2.45) is 0 Å². The zero-order valence-electron chi connectivity index (χ0n) is 11.9. The Balaban J connectivity index is 2.16. The van der Waals surface area contributed by atoms with Crippen molar-refractivity contribution in [1.82, 2.24) is 4.98 Å². The van der Waals surface area contributed by atoms with Crippen LogP contribution >= 0.6 is 0 Å². The maximum absolute atomic E-state index is 10.3. The summed E-state index contributed by atoms with van der Waals surface area (Å²) in [6.07, 6.45) is 4.06. The lowest BCUT2D eigenvalue weighted by atomic mass is 10.0. The molecule has 0 aliphatic rings. The largest absolute Gasteiger partial charge is 0.398 e. The van der Waals surface area contributed by atoms with Gasteiger partial charge in [0.15, 0.2) is 0 Å². The summed E-state index contributed by atoms with van der Waals surface area (Å²) in [5, 5.41) is 15.4. The molecular weight excluding hydrogens is 254 g/mol. The van der Waals surface area contributed by atoms with Crippen LogP contribution in [0.3, 0.4) is 0 Å². The molecule has 0 bridgehead atoms. The molecule has 1 heterocycles. The summed E-state index contributed by atoms with van der Waals surface area (Å²) in [6.45, 7) is 2.76. The second kappa shape index (κ2) is 6.07. The molecule has 5 heteroatoms. The third kappa shape index (κ3) is 3.37. The van der Waals surface area contributed by atoms with E-state index in [0.29, 0.717) is 25.3 Å². The fourth-order valence-electron chi connectivity index (χ4n) is 2.06. The van der Waals surface area contributed by atoms with Crippen molar-refractivity contribution < 1.29 is 9.84 Å². The molecule has 0 aliphatic carbocycles. The fourth-order valence-corrected chi connectivity index (χ4v) is 2.06. The van der Waals surface area contributed by atoms with Crippen LogP contribution in [0.15, 0.2) is 30.6 Å². The van der Waals surface area contributed by atoms with Crippen LogP contribution in [-0.2, 0) is 4.74 Å². The Labute approximate surface area is 118 Å². The minimum Gasteiger partial charge on any atom is -0.398 e. The Bertz CT molecular complexity index is 584. The molecule has 0 radical (unpaired) electrons. The number of pyridine rings is 1. The molecule has 1 unspecified atom stereocenters. The maximum atomic E-state index is 10.3. The number of hydrogen-bond acceptors (Lipinski definition) is 5. The smallest absolute Gasteiger partial charge is 0.0813 e. The highest BCUT2D eigenvalue weighted by Gasteiger charge is 2.20. The molecular formula is C15H21N3O2. The first-order valence-electron chi connectivity index (χ1n) is 6.61. The average molecular weight is 275 g/mol. The van der Waals surface area contributed by atoms with Crippen LogP contribution in [0.2, 0.25) is 0 Å². The number of nitrogens with zero attached hydrogens (tertiary/aromatic N) is 1. The Morgan fingerprint density at radius 1 is 1.35 bits per heavy atom. The van der Waals surface area contributed by atoms with E-state index in [4.69, 9.17) is 10.5 Å². The number of nitrogens with one attached hydrogen (secondary N) is 1. The van der Waals surface area contributed by atoms with Gasteiger partial charge in [0.25, 0.3) is 0 Å². The van der Waals surface area contributed by atoms with Gasteiger partial charge in [-0.15, -0.1) is 0 Å². The summed E-state index contributed by atoms with van der Waals surface area (Å²) >= 11 is 0. The number of aromatic nitrogens is 1. The number of benzene rings is 1. The summed E-state index contributed by atoms with van der Waals surface area (Å²) in [6, 6.07) is 5.68. The molecule has 0 saturated carbocycles. The number of rotatable bonds is 6. The zero-order valence-corrected chi connectivity index (χ0v) is 11.9. The molecule has 1 aromatic carbocycles. The van der Waals surface area contributed by atoms with Crippen LogP contribution in [0.1, 0.15) is 13.3 Å². The van der Waals surface area contributed by atoms with Crippen LogP contribution in [0, 0.1) is 0 Å². The number of hydrogen-bond donors (Lipinski definition) is 3. The van der Waals surface area contributed by atoms with Crippen molar-refractivity contribution in [1.29, 1.82) is 0 Å². The fraction of sp³-hybridized carbons (Fsp3) is 0.400. The first kappa shape index (κ1) is 14.6. The van der Waals surface area contributed by atoms with Crippen molar-refractivity contribution in [3.8, 4) is 0 Å². The molecule has 2 aromatic rings. The molecule has 20 heavy (non-hydrogen) atoms. The summed E-state index contributed by atoms with van der Waals surface area (Å²) in [5.74, 6) is 0. The van der Waals surface area contributed by atoms with Gasteiger partial charge in [-0.05, 0) is 25.1 Å². The number of nitrogens with two attached hydrogens (primary N) is 1. The van der Waals surface area contributed by atoms with E-state index in [-0.39, 0.29) is 0 Å². The number of ether oxygens (including phenoxy) is 1. The van der Waals surface area contributed by atoms with Gasteiger partial charge in [-0.1, -0.05) is 0 Å². The van der Waals surface area contributed by atoms with Gasteiger partial charge in [-0.3, -0.25) is 4.98 Å². The summed E-state index contributed by atoms with van der Waals surface area (Å²) in [4.78, 5) is 4.09. The first-order chi connectivity index (χ1) is 9.53. The highest BCUT2D eigenvalue weighted by atomic mass is 16.5. The normalized spacial score (nSPS) is 14.2. The van der Waals surface area contributed by atoms with Gasteiger partial charge < -0.3 is 20.9 Å². The van der Waals surface area contributed by atoms with E-state index in [1.54, 1.807) is 26.4 Å². The van der Waals surface area contributed by atoms with Crippen LogP contribution in [0.5, 0.6) is 0 Å². The molecule has 2 rings (SSSR count). The predicted octanol–water partition coefficient (Wildman–Crippen LogP) is 2.02. The van der Waals surface area contributed by atoms with Crippen molar-refractivity contribution in [3.05, 3.63) is 30.6 Å².